The second-order valence-corrected chi connectivity index (χ2v) is 6.75. The summed E-state index contributed by atoms with van der Waals surface area (Å²) < 4.78 is 37.4. The van der Waals surface area contributed by atoms with Crippen molar-refractivity contribution in [2.45, 2.75) is 38.4 Å². The lowest BCUT2D eigenvalue weighted by Crippen LogP contribution is -2.46. The van der Waals surface area contributed by atoms with Crippen molar-refractivity contribution in [3.8, 4) is 0 Å². The topological polar surface area (TPSA) is 39.7 Å². The SMILES string of the molecule is CN=C(NCC(C)c1ccc(C)cc1)NC1CCN(CC(F)(F)F)C1. The maximum atomic E-state index is 12.5. The lowest BCUT2D eigenvalue weighted by Gasteiger charge is -2.21. The van der Waals surface area contributed by atoms with E-state index in [9.17, 15) is 13.2 Å². The molecule has 1 aromatic carbocycles. The van der Waals surface area contributed by atoms with Gasteiger partial charge >= 0.3 is 6.18 Å². The summed E-state index contributed by atoms with van der Waals surface area (Å²) in [6.45, 7) is 4.89. The van der Waals surface area contributed by atoms with E-state index in [0.29, 0.717) is 37.9 Å². The summed E-state index contributed by atoms with van der Waals surface area (Å²) in [5.41, 5.74) is 2.47. The van der Waals surface area contributed by atoms with Crippen molar-refractivity contribution in [2.24, 2.45) is 4.99 Å². The van der Waals surface area contributed by atoms with E-state index in [1.807, 2.05) is 0 Å². The Morgan fingerprint density at radius 1 is 1.32 bits per heavy atom. The summed E-state index contributed by atoms with van der Waals surface area (Å²) in [5.74, 6) is 0.947. The van der Waals surface area contributed by atoms with Gasteiger partial charge in [-0.15, -0.1) is 0 Å². The molecule has 0 aliphatic carbocycles. The van der Waals surface area contributed by atoms with E-state index in [1.165, 1.54) is 16.0 Å². The fourth-order valence-electron chi connectivity index (χ4n) is 3.00. The zero-order valence-corrected chi connectivity index (χ0v) is 15.0. The molecule has 1 heterocycles. The molecule has 140 valence electrons. The fourth-order valence-corrected chi connectivity index (χ4v) is 3.00. The Kier molecular flexibility index (Phi) is 6.70. The summed E-state index contributed by atoms with van der Waals surface area (Å²) >= 11 is 0. The number of alkyl halides is 3. The van der Waals surface area contributed by atoms with Crippen molar-refractivity contribution < 1.29 is 13.2 Å². The molecule has 1 aliphatic heterocycles. The normalized spacial score (nSPS) is 20.6. The number of hydrogen-bond acceptors (Lipinski definition) is 2. The molecule has 7 heteroatoms. The highest BCUT2D eigenvalue weighted by atomic mass is 19.4. The van der Waals surface area contributed by atoms with Gasteiger partial charge in [0.2, 0.25) is 0 Å². The zero-order valence-electron chi connectivity index (χ0n) is 15.0. The number of aryl methyl sites for hydroxylation is 1. The molecule has 0 bridgehead atoms. The molecule has 1 fully saturated rings. The lowest BCUT2D eigenvalue weighted by molar-refractivity contribution is -0.143. The number of nitrogens with zero attached hydrogens (tertiary/aromatic N) is 2. The second-order valence-electron chi connectivity index (χ2n) is 6.75. The molecule has 0 saturated carbocycles. The third-order valence-electron chi connectivity index (χ3n) is 4.46. The Bertz CT molecular complexity index is 569. The van der Waals surface area contributed by atoms with Crippen molar-refractivity contribution in [1.82, 2.24) is 15.5 Å². The Balaban J connectivity index is 1.78. The molecular weight excluding hydrogens is 329 g/mol. The van der Waals surface area contributed by atoms with E-state index in [-0.39, 0.29) is 6.04 Å². The third-order valence-corrected chi connectivity index (χ3v) is 4.46. The van der Waals surface area contributed by atoms with Crippen molar-refractivity contribution in [2.75, 3.05) is 33.2 Å². The molecule has 2 N–H and O–H groups in total. The van der Waals surface area contributed by atoms with E-state index in [4.69, 9.17) is 0 Å². The van der Waals surface area contributed by atoms with Crippen LogP contribution in [0.1, 0.15) is 30.4 Å². The van der Waals surface area contributed by atoms with Gasteiger partial charge in [0.1, 0.15) is 0 Å². The van der Waals surface area contributed by atoms with Crippen LogP contribution in [-0.4, -0.2) is 56.3 Å². The van der Waals surface area contributed by atoms with E-state index in [2.05, 4.69) is 53.7 Å². The molecule has 1 aliphatic rings. The van der Waals surface area contributed by atoms with Gasteiger partial charge in [-0.05, 0) is 24.8 Å². The Morgan fingerprint density at radius 2 is 2.00 bits per heavy atom. The minimum Gasteiger partial charge on any atom is -0.356 e. The van der Waals surface area contributed by atoms with E-state index in [0.717, 1.165) is 0 Å². The first-order chi connectivity index (χ1) is 11.8. The monoisotopic (exact) mass is 356 g/mol. The molecule has 0 radical (unpaired) electrons. The first-order valence-corrected chi connectivity index (χ1v) is 8.59. The van der Waals surface area contributed by atoms with Crippen LogP contribution in [0.4, 0.5) is 13.2 Å². The van der Waals surface area contributed by atoms with Crippen LogP contribution in [0.25, 0.3) is 0 Å². The smallest absolute Gasteiger partial charge is 0.356 e. The van der Waals surface area contributed by atoms with Gasteiger partial charge in [-0.25, -0.2) is 0 Å². The first kappa shape index (κ1) is 19.6. The number of benzene rings is 1. The summed E-state index contributed by atoms with van der Waals surface area (Å²) in [4.78, 5) is 5.62. The van der Waals surface area contributed by atoms with Gasteiger partial charge < -0.3 is 10.6 Å². The highest BCUT2D eigenvalue weighted by Gasteiger charge is 2.34. The molecule has 2 unspecified atom stereocenters. The summed E-state index contributed by atoms with van der Waals surface area (Å²) in [6.07, 6.45) is -3.46. The Labute approximate surface area is 147 Å². The fraction of sp³-hybridized carbons (Fsp3) is 0.611. The Hall–Kier alpha value is -1.76. The molecule has 1 aromatic rings. The largest absolute Gasteiger partial charge is 0.401 e. The van der Waals surface area contributed by atoms with Crippen molar-refractivity contribution in [1.29, 1.82) is 0 Å². The second kappa shape index (κ2) is 8.56. The van der Waals surface area contributed by atoms with Crippen molar-refractivity contribution >= 4 is 5.96 Å². The van der Waals surface area contributed by atoms with Crippen LogP contribution in [0, 0.1) is 6.92 Å². The van der Waals surface area contributed by atoms with Crippen LogP contribution in [0.15, 0.2) is 29.3 Å². The van der Waals surface area contributed by atoms with Crippen LogP contribution in [-0.2, 0) is 0 Å². The predicted molar refractivity (Wildman–Crippen MR) is 95.0 cm³/mol. The molecule has 0 amide bonds. The van der Waals surface area contributed by atoms with Gasteiger partial charge in [-0.2, -0.15) is 13.2 Å². The van der Waals surface area contributed by atoms with Gasteiger partial charge in [0.25, 0.3) is 0 Å². The number of rotatable bonds is 5. The minimum atomic E-state index is -4.14. The summed E-state index contributed by atoms with van der Waals surface area (Å²) in [7, 11) is 1.67. The number of nitrogens with one attached hydrogen (secondary N) is 2. The Morgan fingerprint density at radius 3 is 2.60 bits per heavy atom. The van der Waals surface area contributed by atoms with Gasteiger partial charge in [-0.1, -0.05) is 36.8 Å². The molecule has 4 nitrogen and oxygen atoms in total. The van der Waals surface area contributed by atoms with Crippen LogP contribution in [0.5, 0.6) is 0 Å². The predicted octanol–water partition coefficient (Wildman–Crippen LogP) is 2.90. The zero-order chi connectivity index (χ0) is 18.4. The summed E-state index contributed by atoms with van der Waals surface area (Å²) in [5, 5.41) is 6.50. The molecule has 25 heavy (non-hydrogen) atoms. The molecule has 0 aromatic heterocycles. The van der Waals surface area contributed by atoms with E-state index < -0.39 is 12.7 Å². The van der Waals surface area contributed by atoms with E-state index >= 15 is 0 Å². The van der Waals surface area contributed by atoms with Crippen LogP contribution >= 0.6 is 0 Å². The van der Waals surface area contributed by atoms with Gasteiger partial charge in [0, 0.05) is 32.7 Å². The van der Waals surface area contributed by atoms with Crippen LogP contribution < -0.4 is 10.6 Å². The standard InChI is InChI=1S/C18H27F3N4/c1-13-4-6-15(7-5-13)14(2)10-23-17(22-3)24-16-8-9-25(11-16)12-18(19,20)21/h4-7,14,16H,8-12H2,1-3H3,(H2,22,23,24). The van der Waals surface area contributed by atoms with Crippen molar-refractivity contribution in [3.05, 3.63) is 35.4 Å². The number of likely N-dealkylation sites (tertiary alicyclic amines) is 1. The van der Waals surface area contributed by atoms with E-state index in [1.54, 1.807) is 7.05 Å². The maximum absolute atomic E-state index is 12.5. The number of aliphatic imine (C=N–C) groups is 1. The minimum absolute atomic E-state index is 0.0109. The molecule has 2 rings (SSSR count). The molecule has 1 saturated heterocycles. The molecular formula is C18H27F3N4. The van der Waals surface area contributed by atoms with Crippen LogP contribution in [0.2, 0.25) is 0 Å². The maximum Gasteiger partial charge on any atom is 0.401 e. The highest BCUT2D eigenvalue weighted by molar-refractivity contribution is 5.80. The number of hydrogen-bond donors (Lipinski definition) is 2. The van der Waals surface area contributed by atoms with Gasteiger partial charge in [0.15, 0.2) is 5.96 Å². The van der Waals surface area contributed by atoms with Gasteiger partial charge in [0.05, 0.1) is 6.54 Å². The molecule has 0 spiro atoms. The third kappa shape index (κ3) is 6.57. The quantitative estimate of drug-likeness (QED) is 0.630. The highest BCUT2D eigenvalue weighted by Crippen LogP contribution is 2.20. The average molecular weight is 356 g/mol. The van der Waals surface area contributed by atoms with Crippen molar-refractivity contribution in [3.63, 3.8) is 0 Å². The lowest BCUT2D eigenvalue weighted by atomic mass is 10.0. The average Bonchev–Trinajstić information content (AvgIpc) is 2.96. The first-order valence-electron chi connectivity index (χ1n) is 8.59. The van der Waals surface area contributed by atoms with Crippen LogP contribution in [0.3, 0.4) is 0 Å². The van der Waals surface area contributed by atoms with Gasteiger partial charge in [-0.3, -0.25) is 9.89 Å². The summed E-state index contributed by atoms with van der Waals surface area (Å²) in [6, 6.07) is 8.40. The number of guanidine groups is 1. The molecule has 2 atom stereocenters. The number of halogens is 3.